The monoisotopic (exact) mass is 307 g/mol. The molecule has 6 heteroatoms. The summed E-state index contributed by atoms with van der Waals surface area (Å²) in [6.07, 6.45) is 2.26. The Morgan fingerprint density at radius 3 is 2.55 bits per heavy atom. The second kappa shape index (κ2) is 7.77. The molecule has 1 aromatic heterocycles. The van der Waals surface area contributed by atoms with Crippen molar-refractivity contribution in [2.24, 2.45) is 5.92 Å². The average molecular weight is 307 g/mol. The number of amides is 1. The van der Waals surface area contributed by atoms with Crippen LogP contribution in [0.15, 0.2) is 12.7 Å². The van der Waals surface area contributed by atoms with Crippen LogP contribution in [0.25, 0.3) is 0 Å². The number of aromatic nitrogens is 2. The van der Waals surface area contributed by atoms with Crippen LogP contribution in [0.3, 0.4) is 0 Å². The first kappa shape index (κ1) is 17.9. The molecule has 0 bridgehead atoms. The fourth-order valence-corrected chi connectivity index (χ4v) is 2.56. The number of carbonyl (C=O) groups is 2. The molecule has 1 rings (SSSR count). The molecule has 0 radical (unpaired) electrons. The summed E-state index contributed by atoms with van der Waals surface area (Å²) in [6.45, 7) is 11.8. The van der Waals surface area contributed by atoms with E-state index in [1.165, 1.54) is 0 Å². The lowest BCUT2D eigenvalue weighted by Crippen LogP contribution is -2.38. The lowest BCUT2D eigenvalue weighted by atomic mass is 10.0. The number of hydrogen-bond donors (Lipinski definition) is 2. The van der Waals surface area contributed by atoms with Crippen LogP contribution in [0.2, 0.25) is 0 Å². The number of aryl methyl sites for hydroxylation is 1. The van der Waals surface area contributed by atoms with Crippen molar-refractivity contribution in [1.82, 2.24) is 15.1 Å². The van der Waals surface area contributed by atoms with Gasteiger partial charge in [-0.3, -0.25) is 14.3 Å². The minimum absolute atomic E-state index is 0.0805. The summed E-state index contributed by atoms with van der Waals surface area (Å²) in [6, 6.07) is -0.383. The lowest BCUT2D eigenvalue weighted by Gasteiger charge is -2.19. The summed E-state index contributed by atoms with van der Waals surface area (Å²) in [5.41, 5.74) is 1.91. The smallest absolute Gasteiger partial charge is 0.305 e. The van der Waals surface area contributed by atoms with Gasteiger partial charge in [0.2, 0.25) is 0 Å². The fourth-order valence-electron chi connectivity index (χ4n) is 2.56. The summed E-state index contributed by atoms with van der Waals surface area (Å²) in [5, 5.41) is 16.1. The van der Waals surface area contributed by atoms with Gasteiger partial charge in [-0.15, -0.1) is 6.58 Å². The largest absolute Gasteiger partial charge is 0.481 e. The molecular weight excluding hydrogens is 282 g/mol. The van der Waals surface area contributed by atoms with Crippen molar-refractivity contribution < 1.29 is 14.7 Å². The Hall–Kier alpha value is -2.11. The predicted octanol–water partition coefficient (Wildman–Crippen LogP) is 2.31. The molecule has 0 aliphatic heterocycles. The molecule has 2 N–H and O–H groups in total. The van der Waals surface area contributed by atoms with Crippen molar-refractivity contribution in [3.8, 4) is 0 Å². The Balaban J connectivity index is 2.94. The van der Waals surface area contributed by atoms with Crippen molar-refractivity contribution in [2.45, 2.75) is 53.1 Å². The van der Waals surface area contributed by atoms with Gasteiger partial charge >= 0.3 is 5.97 Å². The van der Waals surface area contributed by atoms with Crippen molar-refractivity contribution in [3.63, 3.8) is 0 Å². The van der Waals surface area contributed by atoms with E-state index in [-0.39, 0.29) is 18.4 Å². The normalized spacial score (nSPS) is 12.2. The van der Waals surface area contributed by atoms with E-state index >= 15 is 0 Å². The predicted molar refractivity (Wildman–Crippen MR) is 84.9 cm³/mol. The number of rotatable bonds is 8. The van der Waals surface area contributed by atoms with Gasteiger partial charge in [0.15, 0.2) is 0 Å². The second-order valence-corrected chi connectivity index (χ2v) is 5.91. The molecule has 1 amide bonds. The molecule has 22 heavy (non-hydrogen) atoms. The van der Waals surface area contributed by atoms with Gasteiger partial charge in [0, 0.05) is 11.7 Å². The molecule has 0 aliphatic carbocycles. The topological polar surface area (TPSA) is 84.2 Å². The number of carboxylic acids is 1. The van der Waals surface area contributed by atoms with Crippen LogP contribution in [0.1, 0.15) is 48.4 Å². The highest BCUT2D eigenvalue weighted by Crippen LogP contribution is 2.15. The molecule has 0 spiro atoms. The number of carbonyl (C=O) groups excluding carboxylic acids is 1. The fraction of sp³-hybridized carbons (Fsp3) is 0.562. The molecule has 6 nitrogen and oxygen atoms in total. The van der Waals surface area contributed by atoms with E-state index in [1.54, 1.807) is 17.7 Å². The molecule has 0 fully saturated rings. The van der Waals surface area contributed by atoms with Gasteiger partial charge in [-0.25, -0.2) is 0 Å². The SMILES string of the molecule is C=CCn1nc(C)c(C(=O)N[C@@H](CC(=O)O)CC(C)C)c1C. The minimum Gasteiger partial charge on any atom is -0.481 e. The summed E-state index contributed by atoms with van der Waals surface area (Å²) < 4.78 is 1.71. The number of carboxylic acid groups (broad SMARTS) is 1. The molecule has 1 atom stereocenters. The Kier molecular flexibility index (Phi) is 6.34. The third-order valence-corrected chi connectivity index (χ3v) is 3.42. The number of hydrogen-bond acceptors (Lipinski definition) is 3. The number of nitrogens with one attached hydrogen (secondary N) is 1. The highest BCUT2D eigenvalue weighted by atomic mass is 16.4. The average Bonchev–Trinajstić information content (AvgIpc) is 2.63. The van der Waals surface area contributed by atoms with Gasteiger partial charge in [-0.2, -0.15) is 5.10 Å². The van der Waals surface area contributed by atoms with Gasteiger partial charge in [0.1, 0.15) is 0 Å². The standard InChI is InChI=1S/C16H25N3O3/c1-6-7-19-12(5)15(11(4)18-19)16(22)17-13(8-10(2)3)9-14(20)21/h6,10,13H,1,7-9H2,2-5H3,(H,17,22)(H,20,21)/t13-/m1/s1. The Morgan fingerprint density at radius 1 is 1.41 bits per heavy atom. The van der Waals surface area contributed by atoms with E-state index in [0.717, 1.165) is 5.69 Å². The lowest BCUT2D eigenvalue weighted by molar-refractivity contribution is -0.137. The van der Waals surface area contributed by atoms with Crippen molar-refractivity contribution >= 4 is 11.9 Å². The van der Waals surface area contributed by atoms with E-state index in [9.17, 15) is 9.59 Å². The third-order valence-electron chi connectivity index (χ3n) is 3.42. The highest BCUT2D eigenvalue weighted by Gasteiger charge is 2.23. The van der Waals surface area contributed by atoms with Crippen molar-refractivity contribution in [1.29, 1.82) is 0 Å². The van der Waals surface area contributed by atoms with E-state index in [1.807, 2.05) is 20.8 Å². The van der Waals surface area contributed by atoms with Gasteiger partial charge in [0.25, 0.3) is 5.91 Å². The first-order chi connectivity index (χ1) is 10.3. The number of nitrogens with zero attached hydrogens (tertiary/aromatic N) is 2. The van der Waals surface area contributed by atoms with E-state index < -0.39 is 5.97 Å². The Bertz CT molecular complexity index is 561. The van der Waals surface area contributed by atoms with Crippen molar-refractivity contribution in [3.05, 3.63) is 29.6 Å². The Morgan fingerprint density at radius 2 is 2.05 bits per heavy atom. The van der Waals surface area contributed by atoms with Crippen LogP contribution in [-0.4, -0.2) is 32.8 Å². The molecule has 0 saturated heterocycles. The molecule has 1 aromatic rings. The van der Waals surface area contributed by atoms with Crippen LogP contribution in [0, 0.1) is 19.8 Å². The summed E-state index contributed by atoms with van der Waals surface area (Å²) in [4.78, 5) is 23.4. The van der Waals surface area contributed by atoms with E-state index in [2.05, 4.69) is 17.0 Å². The zero-order valence-electron chi connectivity index (χ0n) is 13.7. The van der Waals surface area contributed by atoms with Gasteiger partial charge in [-0.1, -0.05) is 19.9 Å². The molecule has 1 heterocycles. The van der Waals surface area contributed by atoms with Gasteiger partial charge in [0.05, 0.1) is 24.2 Å². The maximum absolute atomic E-state index is 12.5. The highest BCUT2D eigenvalue weighted by molar-refractivity contribution is 5.96. The zero-order valence-corrected chi connectivity index (χ0v) is 13.7. The van der Waals surface area contributed by atoms with Crippen LogP contribution in [0.4, 0.5) is 0 Å². The zero-order chi connectivity index (χ0) is 16.9. The van der Waals surface area contributed by atoms with E-state index in [0.29, 0.717) is 30.1 Å². The van der Waals surface area contributed by atoms with Crippen LogP contribution >= 0.6 is 0 Å². The van der Waals surface area contributed by atoms with Crippen molar-refractivity contribution in [2.75, 3.05) is 0 Å². The van der Waals surface area contributed by atoms with Crippen LogP contribution < -0.4 is 5.32 Å². The first-order valence-corrected chi connectivity index (χ1v) is 7.43. The minimum atomic E-state index is -0.915. The molecular formula is C16H25N3O3. The van der Waals surface area contributed by atoms with Crippen LogP contribution in [0.5, 0.6) is 0 Å². The molecule has 0 saturated carbocycles. The second-order valence-electron chi connectivity index (χ2n) is 5.91. The van der Waals surface area contributed by atoms with Gasteiger partial charge in [-0.05, 0) is 26.2 Å². The summed E-state index contributed by atoms with van der Waals surface area (Å²) in [7, 11) is 0. The number of aliphatic carboxylic acids is 1. The Labute approximate surface area is 131 Å². The molecule has 0 unspecified atom stereocenters. The first-order valence-electron chi connectivity index (χ1n) is 7.43. The maximum atomic E-state index is 12.5. The third kappa shape index (κ3) is 4.72. The summed E-state index contributed by atoms with van der Waals surface area (Å²) >= 11 is 0. The molecule has 0 aromatic carbocycles. The van der Waals surface area contributed by atoms with Gasteiger partial charge < -0.3 is 10.4 Å². The maximum Gasteiger partial charge on any atom is 0.305 e. The van der Waals surface area contributed by atoms with Crippen LogP contribution in [-0.2, 0) is 11.3 Å². The summed E-state index contributed by atoms with van der Waals surface area (Å²) in [5.74, 6) is -0.880. The molecule has 0 aliphatic rings. The molecule has 122 valence electrons. The van der Waals surface area contributed by atoms with E-state index in [4.69, 9.17) is 5.11 Å². The quantitative estimate of drug-likeness (QED) is 0.722. The number of allylic oxidation sites excluding steroid dienone is 1.